The molecule has 0 unspecified atom stereocenters. The number of imidazole rings is 1. The molecule has 0 spiro atoms. The predicted octanol–water partition coefficient (Wildman–Crippen LogP) is 3.96. The van der Waals surface area contributed by atoms with E-state index in [9.17, 15) is 4.39 Å². The van der Waals surface area contributed by atoms with Gasteiger partial charge in [0, 0.05) is 27.8 Å². The maximum Gasteiger partial charge on any atom is 0.194 e. The van der Waals surface area contributed by atoms with Crippen LogP contribution in [0.1, 0.15) is 0 Å². The van der Waals surface area contributed by atoms with Crippen LogP contribution in [-0.4, -0.2) is 9.38 Å². The van der Waals surface area contributed by atoms with Gasteiger partial charge in [0.05, 0.1) is 5.69 Å². The van der Waals surface area contributed by atoms with Crippen LogP contribution in [0.2, 0.25) is 0 Å². The second kappa shape index (κ2) is 3.68. The molecule has 0 bridgehead atoms. The minimum atomic E-state index is -0.253. The van der Waals surface area contributed by atoms with E-state index in [0.717, 1.165) is 20.7 Å². The van der Waals surface area contributed by atoms with Crippen LogP contribution in [0, 0.1) is 5.82 Å². The summed E-state index contributed by atoms with van der Waals surface area (Å²) in [6.07, 6.45) is 3.89. The molecule has 80 valence electrons. The number of hydrogen-bond acceptors (Lipinski definition) is 2. The number of rotatable bonds is 1. The molecule has 0 N–H and O–H groups in total. The van der Waals surface area contributed by atoms with Gasteiger partial charge in [-0.15, -0.1) is 11.3 Å². The molecule has 5 heteroatoms. The van der Waals surface area contributed by atoms with Crippen molar-refractivity contribution < 1.29 is 4.39 Å². The first-order valence-corrected chi connectivity index (χ1v) is 6.29. The van der Waals surface area contributed by atoms with Crippen molar-refractivity contribution in [3.8, 4) is 11.3 Å². The molecule has 0 fully saturated rings. The highest BCUT2D eigenvalue weighted by Gasteiger charge is 2.09. The maximum absolute atomic E-state index is 13.0. The fourth-order valence-electron chi connectivity index (χ4n) is 1.55. The molecule has 3 aromatic rings. The van der Waals surface area contributed by atoms with Crippen LogP contribution in [0.3, 0.4) is 0 Å². The highest BCUT2D eigenvalue weighted by molar-refractivity contribution is 9.10. The average molecular weight is 297 g/mol. The number of fused-ring (bicyclic) bond motifs is 1. The van der Waals surface area contributed by atoms with Crippen LogP contribution < -0.4 is 0 Å². The third-order valence-corrected chi connectivity index (χ3v) is 3.73. The number of thiazole rings is 1. The molecule has 2 heterocycles. The minimum absolute atomic E-state index is 0.253. The summed E-state index contributed by atoms with van der Waals surface area (Å²) in [5.74, 6) is -0.253. The van der Waals surface area contributed by atoms with Gasteiger partial charge in [-0.25, -0.2) is 9.37 Å². The SMILES string of the molecule is Fc1ccc(-c2cn3ccsc3n2)c(Br)c1. The predicted molar refractivity (Wildman–Crippen MR) is 66.2 cm³/mol. The van der Waals surface area contributed by atoms with Gasteiger partial charge >= 0.3 is 0 Å². The highest BCUT2D eigenvalue weighted by Crippen LogP contribution is 2.29. The van der Waals surface area contributed by atoms with Crippen molar-refractivity contribution in [2.24, 2.45) is 0 Å². The third-order valence-electron chi connectivity index (χ3n) is 2.30. The molecule has 0 saturated heterocycles. The van der Waals surface area contributed by atoms with Gasteiger partial charge in [0.1, 0.15) is 5.82 Å². The fourth-order valence-corrected chi connectivity index (χ4v) is 2.81. The standard InChI is InChI=1S/C11H6BrFN2S/c12-9-5-7(13)1-2-8(9)10-6-15-3-4-16-11(15)14-10/h1-6H. The molecule has 0 atom stereocenters. The van der Waals surface area contributed by atoms with Gasteiger partial charge < -0.3 is 0 Å². The normalized spacial score (nSPS) is 11.1. The van der Waals surface area contributed by atoms with Crippen molar-refractivity contribution >= 4 is 32.2 Å². The van der Waals surface area contributed by atoms with Crippen LogP contribution in [0.15, 0.2) is 40.4 Å². The second-order valence-electron chi connectivity index (χ2n) is 3.34. The highest BCUT2D eigenvalue weighted by atomic mass is 79.9. The lowest BCUT2D eigenvalue weighted by atomic mass is 10.2. The van der Waals surface area contributed by atoms with E-state index in [1.54, 1.807) is 17.4 Å². The van der Waals surface area contributed by atoms with Crippen molar-refractivity contribution in [1.29, 1.82) is 0 Å². The molecular formula is C11H6BrFN2S. The van der Waals surface area contributed by atoms with E-state index in [4.69, 9.17) is 0 Å². The smallest absolute Gasteiger partial charge is 0.194 e. The Hall–Kier alpha value is -1.20. The molecule has 16 heavy (non-hydrogen) atoms. The first-order valence-electron chi connectivity index (χ1n) is 4.62. The van der Waals surface area contributed by atoms with E-state index in [-0.39, 0.29) is 5.82 Å². The summed E-state index contributed by atoms with van der Waals surface area (Å²) in [6.45, 7) is 0. The Morgan fingerprint density at radius 3 is 3.00 bits per heavy atom. The zero-order valence-corrected chi connectivity index (χ0v) is 10.4. The number of aromatic nitrogens is 2. The van der Waals surface area contributed by atoms with E-state index in [1.807, 2.05) is 22.2 Å². The first-order chi connectivity index (χ1) is 7.74. The van der Waals surface area contributed by atoms with Gasteiger partial charge in [-0.3, -0.25) is 4.40 Å². The molecule has 0 aliphatic heterocycles. The van der Waals surface area contributed by atoms with Crippen LogP contribution in [0.25, 0.3) is 16.2 Å². The molecule has 2 aromatic heterocycles. The number of benzene rings is 1. The second-order valence-corrected chi connectivity index (χ2v) is 5.07. The summed E-state index contributed by atoms with van der Waals surface area (Å²) in [6, 6.07) is 4.61. The zero-order chi connectivity index (χ0) is 11.1. The molecular weight excluding hydrogens is 291 g/mol. The summed E-state index contributed by atoms with van der Waals surface area (Å²) in [7, 11) is 0. The largest absolute Gasteiger partial charge is 0.297 e. The first kappa shape index (κ1) is 9.99. The summed E-state index contributed by atoms with van der Waals surface area (Å²) in [5, 5.41) is 1.98. The van der Waals surface area contributed by atoms with Crippen molar-refractivity contribution in [3.05, 3.63) is 46.3 Å². The summed E-state index contributed by atoms with van der Waals surface area (Å²) in [4.78, 5) is 5.40. The topological polar surface area (TPSA) is 17.3 Å². The van der Waals surface area contributed by atoms with Gasteiger partial charge in [-0.2, -0.15) is 0 Å². The Bertz CT molecular complexity index is 630. The summed E-state index contributed by atoms with van der Waals surface area (Å²) >= 11 is 4.92. The Balaban J connectivity index is 2.19. The lowest BCUT2D eigenvalue weighted by Gasteiger charge is -1.99. The van der Waals surface area contributed by atoms with Crippen LogP contribution in [0.4, 0.5) is 4.39 Å². The van der Waals surface area contributed by atoms with Crippen molar-refractivity contribution in [3.63, 3.8) is 0 Å². The minimum Gasteiger partial charge on any atom is -0.297 e. The summed E-state index contributed by atoms with van der Waals surface area (Å²) in [5.41, 5.74) is 1.75. The van der Waals surface area contributed by atoms with Gasteiger partial charge in [0.15, 0.2) is 4.96 Å². The molecule has 0 aliphatic rings. The van der Waals surface area contributed by atoms with E-state index in [2.05, 4.69) is 20.9 Å². The third kappa shape index (κ3) is 1.56. The molecule has 0 aliphatic carbocycles. The van der Waals surface area contributed by atoms with E-state index < -0.39 is 0 Å². The Morgan fingerprint density at radius 2 is 2.25 bits per heavy atom. The zero-order valence-electron chi connectivity index (χ0n) is 8.02. The van der Waals surface area contributed by atoms with Crippen LogP contribution in [0.5, 0.6) is 0 Å². The lowest BCUT2D eigenvalue weighted by molar-refractivity contribution is 0.627. The van der Waals surface area contributed by atoms with Crippen LogP contribution in [-0.2, 0) is 0 Å². The number of halogens is 2. The quantitative estimate of drug-likeness (QED) is 0.664. The lowest BCUT2D eigenvalue weighted by Crippen LogP contribution is -1.81. The summed E-state index contributed by atoms with van der Waals surface area (Å²) < 4.78 is 15.6. The molecule has 0 saturated carbocycles. The van der Waals surface area contributed by atoms with Gasteiger partial charge in [-0.05, 0) is 34.1 Å². The fraction of sp³-hybridized carbons (Fsp3) is 0. The number of hydrogen-bond donors (Lipinski definition) is 0. The maximum atomic E-state index is 13.0. The Morgan fingerprint density at radius 1 is 1.38 bits per heavy atom. The molecule has 3 rings (SSSR count). The van der Waals surface area contributed by atoms with Gasteiger partial charge in [-0.1, -0.05) is 0 Å². The Labute approximate surface area is 103 Å². The van der Waals surface area contributed by atoms with Crippen LogP contribution >= 0.6 is 27.3 Å². The van der Waals surface area contributed by atoms with Crippen molar-refractivity contribution in [2.45, 2.75) is 0 Å². The van der Waals surface area contributed by atoms with E-state index in [1.165, 1.54) is 12.1 Å². The van der Waals surface area contributed by atoms with Gasteiger partial charge in [0.25, 0.3) is 0 Å². The Kier molecular flexibility index (Phi) is 2.29. The van der Waals surface area contributed by atoms with Crippen molar-refractivity contribution in [2.75, 3.05) is 0 Å². The van der Waals surface area contributed by atoms with E-state index >= 15 is 0 Å². The molecule has 2 nitrogen and oxygen atoms in total. The molecule has 1 aromatic carbocycles. The number of nitrogens with zero attached hydrogens (tertiary/aromatic N) is 2. The molecule has 0 radical (unpaired) electrons. The van der Waals surface area contributed by atoms with Crippen molar-refractivity contribution in [1.82, 2.24) is 9.38 Å². The molecule has 0 amide bonds. The monoisotopic (exact) mass is 296 g/mol. The van der Waals surface area contributed by atoms with E-state index in [0.29, 0.717) is 0 Å². The average Bonchev–Trinajstić information content (AvgIpc) is 2.76. The van der Waals surface area contributed by atoms with Gasteiger partial charge in [0.2, 0.25) is 0 Å².